The van der Waals surface area contributed by atoms with Crippen LogP contribution in [-0.2, 0) is 0 Å². The van der Waals surface area contributed by atoms with E-state index in [1.807, 2.05) is 5.38 Å². The molecule has 0 bridgehead atoms. The van der Waals surface area contributed by atoms with Crippen molar-refractivity contribution in [3.63, 3.8) is 0 Å². The van der Waals surface area contributed by atoms with Gasteiger partial charge in [-0.05, 0) is 24.2 Å². The molecule has 0 aliphatic rings. The summed E-state index contributed by atoms with van der Waals surface area (Å²) in [4.78, 5) is 13.5. The van der Waals surface area contributed by atoms with E-state index in [0.29, 0.717) is 5.06 Å². The van der Waals surface area contributed by atoms with Gasteiger partial charge in [0.1, 0.15) is 0 Å². The van der Waals surface area contributed by atoms with Crippen molar-refractivity contribution >= 4 is 24.1 Å². The van der Waals surface area contributed by atoms with Crippen LogP contribution >= 0.6 is 11.3 Å². The van der Waals surface area contributed by atoms with Crippen molar-refractivity contribution in [1.82, 2.24) is 0 Å². The van der Waals surface area contributed by atoms with Crippen LogP contribution in [0.25, 0.3) is 0 Å². The van der Waals surface area contributed by atoms with E-state index in [0.717, 1.165) is 0 Å². The van der Waals surface area contributed by atoms with Crippen molar-refractivity contribution in [3.8, 4) is 5.06 Å². The number of amides is 1. The minimum Gasteiger partial charge on any atom is -0.398 e. The highest BCUT2D eigenvalue weighted by molar-refractivity contribution is 7.11. The largest absolute Gasteiger partial charge is 0.439 e. The number of ether oxygens (including phenoxy) is 1. The summed E-state index contributed by atoms with van der Waals surface area (Å²) in [5.41, 5.74) is 0. The van der Waals surface area contributed by atoms with Crippen molar-refractivity contribution < 1.29 is 9.53 Å². The highest BCUT2D eigenvalue weighted by atomic mass is 32.1. The molecule has 10 heavy (non-hydrogen) atoms. The van der Waals surface area contributed by atoms with Crippen molar-refractivity contribution in [3.05, 3.63) is 17.5 Å². The molecule has 0 saturated heterocycles. The lowest BCUT2D eigenvalue weighted by molar-refractivity contribution is 0.213. The molecule has 0 saturated carbocycles. The fourth-order valence-corrected chi connectivity index (χ4v) is 1.01. The van der Waals surface area contributed by atoms with Gasteiger partial charge in [0.05, 0.1) is 0 Å². The summed E-state index contributed by atoms with van der Waals surface area (Å²) in [5, 5.41) is 2.35. The molecule has 4 heteroatoms. The number of nitrogens with zero attached hydrogens (tertiary/aromatic N) is 1. The molecular formula is C6H5NO2S. The number of hydrogen-bond donors (Lipinski definition) is 0. The van der Waals surface area contributed by atoms with E-state index in [1.54, 1.807) is 12.1 Å². The fourth-order valence-electron chi connectivity index (χ4n) is 0.440. The van der Waals surface area contributed by atoms with E-state index in [-0.39, 0.29) is 0 Å². The van der Waals surface area contributed by atoms with Crippen LogP contribution in [0.15, 0.2) is 22.5 Å². The predicted octanol–water partition coefficient (Wildman–Crippen LogP) is 1.95. The Morgan fingerprint density at radius 3 is 3.10 bits per heavy atom. The second-order valence-corrected chi connectivity index (χ2v) is 2.37. The first-order chi connectivity index (χ1) is 4.83. The average Bonchev–Trinajstić information content (AvgIpc) is 2.40. The summed E-state index contributed by atoms with van der Waals surface area (Å²) in [6.07, 6.45) is -0.664. The van der Waals surface area contributed by atoms with Gasteiger partial charge < -0.3 is 4.74 Å². The lowest BCUT2D eigenvalue weighted by Gasteiger charge is -1.91. The number of carbonyl (C=O) groups is 1. The smallest absolute Gasteiger partial charge is 0.398 e. The number of thiophene rings is 1. The Bertz CT molecular complexity index is 230. The highest BCUT2D eigenvalue weighted by Crippen LogP contribution is 2.18. The third-order valence-corrected chi connectivity index (χ3v) is 1.56. The minimum atomic E-state index is -0.664. The van der Waals surface area contributed by atoms with Crippen LogP contribution < -0.4 is 4.74 Å². The SMILES string of the molecule is C=NC(=O)Oc1cccs1. The first-order valence-corrected chi connectivity index (χ1v) is 3.43. The van der Waals surface area contributed by atoms with Crippen LogP contribution in [-0.4, -0.2) is 12.8 Å². The van der Waals surface area contributed by atoms with Crippen LogP contribution in [0, 0.1) is 0 Å². The molecule has 1 rings (SSSR count). The normalized spacial score (nSPS) is 8.80. The lowest BCUT2D eigenvalue weighted by atomic mass is 10.7. The average molecular weight is 155 g/mol. The predicted molar refractivity (Wildman–Crippen MR) is 39.9 cm³/mol. The van der Waals surface area contributed by atoms with E-state index in [9.17, 15) is 4.79 Å². The third-order valence-electron chi connectivity index (χ3n) is 0.812. The van der Waals surface area contributed by atoms with Gasteiger partial charge >= 0.3 is 6.09 Å². The molecule has 0 aliphatic carbocycles. The summed E-state index contributed by atoms with van der Waals surface area (Å²) in [6.45, 7) is 3.02. The number of hydrogen-bond acceptors (Lipinski definition) is 3. The molecule has 1 aromatic heterocycles. The topological polar surface area (TPSA) is 38.7 Å². The zero-order valence-electron chi connectivity index (χ0n) is 5.11. The van der Waals surface area contributed by atoms with Crippen LogP contribution in [0.3, 0.4) is 0 Å². The molecule has 0 radical (unpaired) electrons. The van der Waals surface area contributed by atoms with Gasteiger partial charge in [-0.25, -0.2) is 4.79 Å². The molecule has 1 heterocycles. The third kappa shape index (κ3) is 1.66. The second kappa shape index (κ2) is 3.12. The van der Waals surface area contributed by atoms with Crippen molar-refractivity contribution in [2.45, 2.75) is 0 Å². The summed E-state index contributed by atoms with van der Waals surface area (Å²) in [6, 6.07) is 3.48. The van der Waals surface area contributed by atoms with Gasteiger partial charge in [0, 0.05) is 0 Å². The Kier molecular flexibility index (Phi) is 2.17. The Morgan fingerprint density at radius 1 is 1.80 bits per heavy atom. The molecule has 0 atom stereocenters. The number of rotatable bonds is 1. The van der Waals surface area contributed by atoms with E-state index in [1.165, 1.54) is 11.3 Å². The van der Waals surface area contributed by atoms with Gasteiger partial charge in [0.25, 0.3) is 0 Å². The maximum absolute atomic E-state index is 10.4. The van der Waals surface area contributed by atoms with Gasteiger partial charge in [-0.2, -0.15) is 4.99 Å². The molecule has 52 valence electrons. The van der Waals surface area contributed by atoms with E-state index < -0.39 is 6.09 Å². The molecule has 0 aromatic carbocycles. The van der Waals surface area contributed by atoms with E-state index in [2.05, 4.69) is 16.4 Å². The molecule has 0 unspecified atom stereocenters. The van der Waals surface area contributed by atoms with Gasteiger partial charge in [-0.1, -0.05) is 0 Å². The van der Waals surface area contributed by atoms with E-state index >= 15 is 0 Å². The van der Waals surface area contributed by atoms with Crippen molar-refractivity contribution in [1.29, 1.82) is 0 Å². The molecule has 0 N–H and O–H groups in total. The fraction of sp³-hybridized carbons (Fsp3) is 0. The zero-order valence-corrected chi connectivity index (χ0v) is 5.93. The molecule has 1 aromatic rings. The van der Waals surface area contributed by atoms with Gasteiger partial charge in [0.15, 0.2) is 5.06 Å². The first-order valence-electron chi connectivity index (χ1n) is 2.55. The molecule has 0 spiro atoms. The van der Waals surface area contributed by atoms with Crippen LogP contribution in [0.2, 0.25) is 0 Å². The molecule has 3 nitrogen and oxygen atoms in total. The van der Waals surface area contributed by atoms with Crippen molar-refractivity contribution in [2.75, 3.05) is 0 Å². The molecular weight excluding hydrogens is 150 g/mol. The Hall–Kier alpha value is -1.16. The van der Waals surface area contributed by atoms with Gasteiger partial charge in [-0.3, -0.25) is 0 Å². The monoisotopic (exact) mass is 155 g/mol. The summed E-state index contributed by atoms with van der Waals surface area (Å²) in [5.74, 6) is 0. The minimum absolute atomic E-state index is 0.539. The van der Waals surface area contributed by atoms with Crippen molar-refractivity contribution in [2.24, 2.45) is 4.99 Å². The Balaban J connectivity index is 2.56. The van der Waals surface area contributed by atoms with Gasteiger partial charge in [-0.15, -0.1) is 11.3 Å². The zero-order chi connectivity index (χ0) is 7.40. The highest BCUT2D eigenvalue weighted by Gasteiger charge is 1.99. The number of carbonyl (C=O) groups excluding carboxylic acids is 1. The maximum atomic E-state index is 10.4. The van der Waals surface area contributed by atoms with E-state index in [4.69, 9.17) is 0 Å². The Morgan fingerprint density at radius 2 is 2.60 bits per heavy atom. The van der Waals surface area contributed by atoms with Crippen LogP contribution in [0.4, 0.5) is 4.79 Å². The van der Waals surface area contributed by atoms with Crippen LogP contribution in [0.5, 0.6) is 5.06 Å². The first kappa shape index (κ1) is 6.95. The van der Waals surface area contributed by atoms with Crippen LogP contribution in [0.1, 0.15) is 0 Å². The molecule has 1 amide bonds. The standard InChI is InChI=1S/C6H5NO2S/c1-7-6(8)9-5-3-2-4-10-5/h2-4H,1H2. The molecule has 0 aliphatic heterocycles. The quantitative estimate of drug-likeness (QED) is 0.581. The summed E-state index contributed by atoms with van der Waals surface area (Å²) in [7, 11) is 0. The Labute approximate surface area is 62.0 Å². The molecule has 0 fully saturated rings. The lowest BCUT2D eigenvalue weighted by Crippen LogP contribution is -1.98. The maximum Gasteiger partial charge on any atom is 0.439 e. The van der Waals surface area contributed by atoms with Gasteiger partial charge in [0.2, 0.25) is 0 Å². The summed E-state index contributed by atoms with van der Waals surface area (Å²) < 4.78 is 4.65. The summed E-state index contributed by atoms with van der Waals surface area (Å²) >= 11 is 1.34. The second-order valence-electron chi connectivity index (χ2n) is 1.46. The number of aliphatic imine (C=N–C) groups is 1.